The second-order valence-electron chi connectivity index (χ2n) is 11.5. The lowest BCUT2D eigenvalue weighted by Gasteiger charge is -2.17. The molecular formula is C38H35N5O6. The minimum atomic E-state index is -0.704. The maximum absolute atomic E-state index is 13.6. The fraction of sp³-hybridized carbons (Fsp3) is 0.158. The van der Waals surface area contributed by atoms with Gasteiger partial charge in [-0.15, -0.1) is 0 Å². The van der Waals surface area contributed by atoms with Crippen molar-refractivity contribution in [2.45, 2.75) is 13.0 Å². The highest BCUT2D eigenvalue weighted by molar-refractivity contribution is 6.12. The van der Waals surface area contributed by atoms with Crippen molar-refractivity contribution in [2.75, 3.05) is 38.4 Å². The molecule has 0 fully saturated rings. The van der Waals surface area contributed by atoms with Crippen LogP contribution in [0, 0.1) is 0 Å². The lowest BCUT2D eigenvalue weighted by atomic mass is 10.1. The summed E-state index contributed by atoms with van der Waals surface area (Å²) < 4.78 is 18.5. The third kappa shape index (κ3) is 7.69. The Morgan fingerprint density at radius 2 is 1.57 bits per heavy atom. The number of anilines is 2. The van der Waals surface area contributed by atoms with Gasteiger partial charge in [-0.05, 0) is 67.1 Å². The van der Waals surface area contributed by atoms with Crippen molar-refractivity contribution in [3.63, 3.8) is 0 Å². The first-order chi connectivity index (χ1) is 23.8. The van der Waals surface area contributed by atoms with Crippen LogP contribution in [-0.4, -0.2) is 54.1 Å². The number of amides is 2. The number of benzene rings is 4. The smallest absolute Gasteiger partial charge is 0.291 e. The van der Waals surface area contributed by atoms with E-state index in [1.54, 1.807) is 36.8 Å². The lowest BCUT2D eigenvalue weighted by molar-refractivity contribution is 0.0997. The third-order valence-corrected chi connectivity index (χ3v) is 8.06. The largest absolute Gasteiger partial charge is 0.493 e. The number of hydrogen-bond donors (Lipinski definition) is 2. The summed E-state index contributed by atoms with van der Waals surface area (Å²) in [4.78, 5) is 45.8. The van der Waals surface area contributed by atoms with E-state index in [1.165, 1.54) is 31.9 Å². The summed E-state index contributed by atoms with van der Waals surface area (Å²) in [6.45, 7) is 1.66. The molecule has 11 nitrogen and oxygen atoms in total. The quantitative estimate of drug-likeness (QED) is 0.160. The molecule has 0 saturated heterocycles. The molecule has 2 aromatic heterocycles. The van der Waals surface area contributed by atoms with Crippen LogP contribution in [0.3, 0.4) is 0 Å². The molecule has 248 valence electrons. The van der Waals surface area contributed by atoms with E-state index >= 15 is 0 Å². The molecule has 0 radical (unpaired) electrons. The summed E-state index contributed by atoms with van der Waals surface area (Å²) in [6.07, 6.45) is 6.29. The van der Waals surface area contributed by atoms with Crippen LogP contribution in [0.25, 0.3) is 16.7 Å². The maximum Gasteiger partial charge on any atom is 0.291 e. The van der Waals surface area contributed by atoms with Gasteiger partial charge in [-0.2, -0.15) is 0 Å². The average molecular weight is 658 g/mol. The molecule has 0 spiro atoms. The van der Waals surface area contributed by atoms with Crippen LogP contribution in [0.1, 0.15) is 32.0 Å². The summed E-state index contributed by atoms with van der Waals surface area (Å²) in [5.41, 5.74) is 4.17. The van der Waals surface area contributed by atoms with Crippen LogP contribution in [0.5, 0.6) is 11.5 Å². The molecule has 49 heavy (non-hydrogen) atoms. The van der Waals surface area contributed by atoms with Crippen LogP contribution in [0.2, 0.25) is 0 Å². The minimum Gasteiger partial charge on any atom is -0.493 e. The first kappa shape index (κ1) is 32.7. The van der Waals surface area contributed by atoms with E-state index in [-0.39, 0.29) is 28.0 Å². The van der Waals surface area contributed by atoms with Crippen molar-refractivity contribution < 1.29 is 23.5 Å². The zero-order chi connectivity index (χ0) is 34.3. The van der Waals surface area contributed by atoms with Gasteiger partial charge in [-0.1, -0.05) is 36.4 Å². The zero-order valence-electron chi connectivity index (χ0n) is 27.3. The summed E-state index contributed by atoms with van der Waals surface area (Å²) in [5.74, 6) is -0.783. The van der Waals surface area contributed by atoms with Gasteiger partial charge in [0.2, 0.25) is 0 Å². The van der Waals surface area contributed by atoms with Crippen LogP contribution in [-0.2, 0) is 13.0 Å². The van der Waals surface area contributed by atoms with Crippen molar-refractivity contribution in [2.24, 2.45) is 0 Å². The number of imidazole rings is 1. The van der Waals surface area contributed by atoms with Gasteiger partial charge < -0.3 is 34.0 Å². The van der Waals surface area contributed by atoms with Crippen LogP contribution in [0.4, 0.5) is 11.4 Å². The van der Waals surface area contributed by atoms with E-state index in [4.69, 9.17) is 13.9 Å². The topological polar surface area (TPSA) is 128 Å². The molecule has 0 unspecified atom stereocenters. The fourth-order valence-corrected chi connectivity index (χ4v) is 5.42. The number of carbonyl (C=O) groups is 2. The average Bonchev–Trinajstić information content (AvgIpc) is 3.67. The molecule has 2 heterocycles. The number of nitrogens with one attached hydrogen (secondary N) is 2. The van der Waals surface area contributed by atoms with E-state index in [9.17, 15) is 14.4 Å². The van der Waals surface area contributed by atoms with Crippen molar-refractivity contribution in [1.29, 1.82) is 0 Å². The van der Waals surface area contributed by atoms with Crippen LogP contribution < -0.4 is 25.5 Å². The second kappa shape index (κ2) is 14.7. The third-order valence-electron chi connectivity index (χ3n) is 8.06. The molecule has 0 saturated carbocycles. The Bertz CT molecular complexity index is 2140. The van der Waals surface area contributed by atoms with Crippen molar-refractivity contribution >= 4 is 34.2 Å². The number of nitrogens with zero attached hydrogens (tertiary/aromatic N) is 3. The molecule has 6 rings (SSSR count). The molecule has 0 aliphatic carbocycles. The van der Waals surface area contributed by atoms with E-state index in [1.807, 2.05) is 35.0 Å². The molecular weight excluding hydrogens is 622 g/mol. The highest BCUT2D eigenvalue weighted by Crippen LogP contribution is 2.34. The van der Waals surface area contributed by atoms with Crippen molar-refractivity contribution in [3.05, 3.63) is 142 Å². The highest BCUT2D eigenvalue weighted by Gasteiger charge is 2.21. The molecule has 6 aromatic rings. The minimum absolute atomic E-state index is 0.123. The van der Waals surface area contributed by atoms with E-state index in [2.05, 4.69) is 51.8 Å². The number of methoxy groups -OCH3 is 2. The van der Waals surface area contributed by atoms with Gasteiger partial charge in [0.05, 0.1) is 37.2 Å². The number of para-hydroxylation sites is 1. The van der Waals surface area contributed by atoms with Crippen molar-refractivity contribution in [1.82, 2.24) is 14.5 Å². The van der Waals surface area contributed by atoms with Gasteiger partial charge in [0.1, 0.15) is 5.58 Å². The van der Waals surface area contributed by atoms with Gasteiger partial charge in [0, 0.05) is 49.0 Å². The van der Waals surface area contributed by atoms with Gasteiger partial charge >= 0.3 is 0 Å². The van der Waals surface area contributed by atoms with Crippen LogP contribution >= 0.6 is 0 Å². The molecule has 2 amide bonds. The number of ether oxygens (including phenoxy) is 2. The molecule has 0 bridgehead atoms. The standard InChI is InChI=1S/C38H35N5O6/c1-42(23-26-10-14-28(15-11-26)43-19-17-39-24-43)18-16-25-8-12-27(13-9-25)40-37(45)30-20-34(47-2)35(48-3)21-31(30)41-38(46)36-22-32(44)29-6-4-5-7-33(29)49-36/h4-15,17,19-22,24H,16,18,23H2,1-3H3,(H,40,45)(H,41,46). The van der Waals surface area contributed by atoms with Gasteiger partial charge in [-0.25, -0.2) is 4.98 Å². The number of carbonyl (C=O) groups excluding carboxylic acids is 2. The highest BCUT2D eigenvalue weighted by atomic mass is 16.5. The van der Waals surface area contributed by atoms with E-state index in [0.717, 1.165) is 36.8 Å². The van der Waals surface area contributed by atoms with E-state index < -0.39 is 11.8 Å². The molecule has 4 aromatic carbocycles. The molecule has 0 aliphatic heterocycles. The van der Waals surface area contributed by atoms with Gasteiger partial charge in [-0.3, -0.25) is 14.4 Å². The lowest BCUT2D eigenvalue weighted by Crippen LogP contribution is -2.21. The Morgan fingerprint density at radius 1 is 0.857 bits per heavy atom. The predicted molar refractivity (Wildman–Crippen MR) is 188 cm³/mol. The predicted octanol–water partition coefficient (Wildman–Crippen LogP) is 6.18. The summed E-state index contributed by atoms with van der Waals surface area (Å²) in [7, 11) is 4.99. The molecule has 2 N–H and O–H groups in total. The summed E-state index contributed by atoms with van der Waals surface area (Å²) >= 11 is 0. The molecule has 0 atom stereocenters. The summed E-state index contributed by atoms with van der Waals surface area (Å²) in [5, 5.41) is 5.95. The van der Waals surface area contributed by atoms with Gasteiger partial charge in [0.15, 0.2) is 22.7 Å². The summed E-state index contributed by atoms with van der Waals surface area (Å²) in [6, 6.07) is 26.8. The number of rotatable bonds is 12. The Kier molecular flexibility index (Phi) is 9.82. The first-order valence-corrected chi connectivity index (χ1v) is 15.6. The Labute approximate surface area is 282 Å². The van der Waals surface area contributed by atoms with E-state index in [0.29, 0.717) is 22.6 Å². The SMILES string of the molecule is COc1cc(NC(=O)c2cc(=O)c3ccccc3o2)c(C(=O)Nc2ccc(CCN(C)Cc3ccc(-n4ccnc4)cc3)cc2)cc1OC. The number of fused-ring (bicyclic) bond motifs is 1. The maximum atomic E-state index is 13.6. The molecule has 0 aliphatic rings. The molecule has 11 heteroatoms. The number of aromatic nitrogens is 2. The normalized spacial score (nSPS) is 11.0. The fourth-order valence-electron chi connectivity index (χ4n) is 5.42. The number of likely N-dealkylation sites (N-methyl/N-ethyl adjacent to an activating group) is 1. The second-order valence-corrected chi connectivity index (χ2v) is 11.5. The monoisotopic (exact) mass is 657 g/mol. The first-order valence-electron chi connectivity index (χ1n) is 15.6. The Morgan fingerprint density at radius 3 is 2.29 bits per heavy atom. The van der Waals surface area contributed by atoms with Gasteiger partial charge in [0.25, 0.3) is 11.8 Å². The Hall–Kier alpha value is -6.20. The number of hydrogen-bond acceptors (Lipinski definition) is 8. The zero-order valence-corrected chi connectivity index (χ0v) is 27.3. The van der Waals surface area contributed by atoms with Crippen molar-refractivity contribution in [3.8, 4) is 17.2 Å². The Balaban J connectivity index is 1.11. The van der Waals surface area contributed by atoms with Crippen LogP contribution in [0.15, 0.2) is 119 Å².